The van der Waals surface area contributed by atoms with Crippen LogP contribution in [0.15, 0.2) is 0 Å². The van der Waals surface area contributed by atoms with Crippen LogP contribution >= 0.6 is 0 Å². The fraction of sp³-hybridized carbons (Fsp3) is 1.00. The first-order valence-corrected chi connectivity index (χ1v) is 8.16. The number of nitrogens with one attached hydrogen (secondary N) is 2. The van der Waals surface area contributed by atoms with Crippen molar-refractivity contribution in [2.75, 3.05) is 45.2 Å². The van der Waals surface area contributed by atoms with Crippen molar-refractivity contribution in [1.82, 2.24) is 10.0 Å². The highest BCUT2D eigenvalue weighted by Crippen LogP contribution is 2.01. The van der Waals surface area contributed by atoms with Gasteiger partial charge in [0.25, 0.3) is 0 Å². The van der Waals surface area contributed by atoms with Crippen molar-refractivity contribution in [1.29, 1.82) is 0 Å². The van der Waals surface area contributed by atoms with E-state index in [1.54, 1.807) is 0 Å². The molecular weight excluding hydrogens is 256 g/mol. The lowest BCUT2D eigenvalue weighted by Crippen LogP contribution is -2.40. The Labute approximate surface area is 109 Å². The molecule has 0 saturated carbocycles. The number of sulfonamides is 1. The van der Waals surface area contributed by atoms with E-state index in [4.69, 9.17) is 9.47 Å². The maximum Gasteiger partial charge on any atom is 0.211 e. The maximum atomic E-state index is 11.7. The molecule has 6 nitrogen and oxygen atoms in total. The molecule has 7 heteroatoms. The summed E-state index contributed by atoms with van der Waals surface area (Å²) in [6, 6.07) is 0. The Hall–Kier alpha value is -0.210. The van der Waals surface area contributed by atoms with Crippen molar-refractivity contribution < 1.29 is 17.9 Å². The van der Waals surface area contributed by atoms with Gasteiger partial charge in [-0.25, -0.2) is 13.1 Å². The monoisotopic (exact) mass is 280 g/mol. The van der Waals surface area contributed by atoms with Gasteiger partial charge in [-0.2, -0.15) is 0 Å². The average Bonchev–Trinajstić information content (AvgIpc) is 2.38. The number of hydrogen-bond donors (Lipinski definition) is 2. The first-order valence-electron chi connectivity index (χ1n) is 6.51. The van der Waals surface area contributed by atoms with Crippen molar-refractivity contribution in [2.24, 2.45) is 0 Å². The van der Waals surface area contributed by atoms with E-state index in [1.165, 1.54) is 0 Å². The molecule has 1 aliphatic heterocycles. The number of unbranched alkanes of at least 4 members (excludes halogenated alkanes) is 1. The summed E-state index contributed by atoms with van der Waals surface area (Å²) in [5, 5.41) is 3.17. The Morgan fingerprint density at radius 2 is 2.11 bits per heavy atom. The molecule has 0 aliphatic carbocycles. The lowest BCUT2D eigenvalue weighted by atomic mass is 10.3. The summed E-state index contributed by atoms with van der Waals surface area (Å²) < 4.78 is 36.5. The minimum atomic E-state index is -3.18. The van der Waals surface area contributed by atoms with Crippen LogP contribution in [0.3, 0.4) is 0 Å². The van der Waals surface area contributed by atoms with E-state index in [1.807, 2.05) is 6.92 Å². The molecule has 2 N–H and O–H groups in total. The van der Waals surface area contributed by atoms with Gasteiger partial charge in [-0.3, -0.25) is 0 Å². The van der Waals surface area contributed by atoms with Gasteiger partial charge in [-0.1, -0.05) is 6.92 Å². The highest BCUT2D eigenvalue weighted by atomic mass is 32.2. The molecule has 1 rings (SSSR count). The third-order valence-corrected chi connectivity index (χ3v) is 4.12. The standard InChI is InChI=1S/C11H24N2O4S/c1-2-12-5-3-4-8-18(14,15)13-9-11-10-16-6-7-17-11/h11-13H,2-10H2,1H3. The molecule has 1 unspecified atom stereocenters. The van der Waals surface area contributed by atoms with Crippen LogP contribution in [0.2, 0.25) is 0 Å². The van der Waals surface area contributed by atoms with Crippen LogP contribution in [0, 0.1) is 0 Å². The van der Waals surface area contributed by atoms with E-state index in [0.717, 1.165) is 19.5 Å². The quantitative estimate of drug-likeness (QED) is 0.568. The van der Waals surface area contributed by atoms with E-state index >= 15 is 0 Å². The van der Waals surface area contributed by atoms with Gasteiger partial charge >= 0.3 is 0 Å². The minimum Gasteiger partial charge on any atom is -0.376 e. The molecule has 0 aromatic carbocycles. The van der Waals surface area contributed by atoms with E-state index in [-0.39, 0.29) is 11.9 Å². The van der Waals surface area contributed by atoms with Gasteiger partial charge in [-0.15, -0.1) is 0 Å². The SMILES string of the molecule is CCNCCCCS(=O)(=O)NCC1COCCO1. The van der Waals surface area contributed by atoms with Crippen LogP contribution in [0.5, 0.6) is 0 Å². The number of ether oxygens (including phenoxy) is 2. The van der Waals surface area contributed by atoms with E-state index in [2.05, 4.69) is 10.0 Å². The largest absolute Gasteiger partial charge is 0.376 e. The summed E-state index contributed by atoms with van der Waals surface area (Å²) in [5.74, 6) is 0.173. The van der Waals surface area contributed by atoms with Crippen LogP contribution in [-0.2, 0) is 19.5 Å². The van der Waals surface area contributed by atoms with Gasteiger partial charge in [0.1, 0.15) is 0 Å². The van der Waals surface area contributed by atoms with Crippen LogP contribution in [0.1, 0.15) is 19.8 Å². The van der Waals surface area contributed by atoms with Crippen molar-refractivity contribution in [3.8, 4) is 0 Å². The third kappa shape index (κ3) is 7.27. The van der Waals surface area contributed by atoms with Crippen molar-refractivity contribution in [3.05, 3.63) is 0 Å². The molecule has 1 fully saturated rings. The number of rotatable bonds is 9. The van der Waals surface area contributed by atoms with E-state index < -0.39 is 10.0 Å². The Bertz CT molecular complexity index is 302. The Balaban J connectivity index is 2.10. The highest BCUT2D eigenvalue weighted by Gasteiger charge is 2.17. The highest BCUT2D eigenvalue weighted by molar-refractivity contribution is 7.89. The second-order valence-electron chi connectivity index (χ2n) is 4.30. The topological polar surface area (TPSA) is 76.7 Å². The van der Waals surface area contributed by atoms with Gasteiger partial charge in [0, 0.05) is 6.54 Å². The molecular formula is C11H24N2O4S. The molecule has 0 aromatic rings. The normalized spacial score (nSPS) is 21.1. The van der Waals surface area contributed by atoms with E-state index in [9.17, 15) is 8.42 Å². The Morgan fingerprint density at radius 1 is 1.28 bits per heavy atom. The molecule has 0 spiro atoms. The van der Waals surface area contributed by atoms with Crippen molar-refractivity contribution >= 4 is 10.0 Å². The zero-order valence-corrected chi connectivity index (χ0v) is 11.8. The summed E-state index contributed by atoms with van der Waals surface area (Å²) in [6.07, 6.45) is 1.39. The fourth-order valence-corrected chi connectivity index (χ4v) is 2.83. The molecule has 1 heterocycles. The predicted octanol–water partition coefficient (Wildman–Crippen LogP) is -0.289. The van der Waals surface area contributed by atoms with Crippen LogP contribution in [-0.4, -0.2) is 59.7 Å². The van der Waals surface area contributed by atoms with Gasteiger partial charge in [-0.05, 0) is 25.9 Å². The molecule has 0 aromatic heterocycles. The second kappa shape index (κ2) is 8.82. The van der Waals surface area contributed by atoms with Crippen LogP contribution in [0.4, 0.5) is 0 Å². The molecule has 0 radical (unpaired) electrons. The molecule has 1 saturated heterocycles. The van der Waals surface area contributed by atoms with Crippen molar-refractivity contribution in [3.63, 3.8) is 0 Å². The van der Waals surface area contributed by atoms with Crippen molar-refractivity contribution in [2.45, 2.75) is 25.9 Å². The minimum absolute atomic E-state index is 0.157. The average molecular weight is 280 g/mol. The molecule has 108 valence electrons. The Morgan fingerprint density at radius 3 is 2.78 bits per heavy atom. The lowest BCUT2D eigenvalue weighted by Gasteiger charge is -2.23. The smallest absolute Gasteiger partial charge is 0.211 e. The first-order chi connectivity index (χ1) is 8.64. The third-order valence-electron chi connectivity index (χ3n) is 2.68. The molecule has 0 amide bonds. The van der Waals surface area contributed by atoms with E-state index in [0.29, 0.717) is 32.8 Å². The van der Waals surface area contributed by atoms with Crippen LogP contribution < -0.4 is 10.0 Å². The lowest BCUT2D eigenvalue weighted by molar-refractivity contribution is -0.0846. The predicted molar refractivity (Wildman–Crippen MR) is 70.1 cm³/mol. The Kier molecular flexibility index (Phi) is 7.76. The summed E-state index contributed by atoms with van der Waals surface area (Å²) in [4.78, 5) is 0. The maximum absolute atomic E-state index is 11.7. The molecule has 0 bridgehead atoms. The summed E-state index contributed by atoms with van der Waals surface area (Å²) in [6.45, 7) is 5.71. The van der Waals surface area contributed by atoms with Gasteiger partial charge in [0.2, 0.25) is 10.0 Å². The first kappa shape index (κ1) is 15.8. The fourth-order valence-electron chi connectivity index (χ4n) is 1.67. The van der Waals surface area contributed by atoms with Gasteiger partial charge < -0.3 is 14.8 Å². The second-order valence-corrected chi connectivity index (χ2v) is 6.22. The van der Waals surface area contributed by atoms with Gasteiger partial charge in [0.15, 0.2) is 0 Å². The molecule has 18 heavy (non-hydrogen) atoms. The molecule has 1 atom stereocenters. The zero-order chi connectivity index (χ0) is 13.3. The zero-order valence-electron chi connectivity index (χ0n) is 11.0. The summed E-state index contributed by atoms with van der Waals surface area (Å²) >= 11 is 0. The van der Waals surface area contributed by atoms with Crippen LogP contribution in [0.25, 0.3) is 0 Å². The summed E-state index contributed by atoms with van der Waals surface area (Å²) in [7, 11) is -3.18. The summed E-state index contributed by atoms with van der Waals surface area (Å²) in [5.41, 5.74) is 0. The molecule has 1 aliphatic rings. The van der Waals surface area contributed by atoms with Gasteiger partial charge in [0.05, 0.1) is 31.7 Å². The number of hydrogen-bond acceptors (Lipinski definition) is 5.